The quantitative estimate of drug-likeness (QED) is 0.515. The zero-order chi connectivity index (χ0) is 20.2. The molecule has 0 N–H and O–H groups in total. The predicted octanol–water partition coefficient (Wildman–Crippen LogP) is 4.58. The van der Waals surface area contributed by atoms with Crippen molar-refractivity contribution >= 4 is 27.9 Å². The van der Waals surface area contributed by atoms with Crippen LogP contribution < -0.4 is 0 Å². The lowest BCUT2D eigenvalue weighted by Gasteiger charge is -2.18. The number of halogens is 1. The molecule has 0 unspecified atom stereocenters. The van der Waals surface area contributed by atoms with Gasteiger partial charge in [-0.25, -0.2) is 0 Å². The van der Waals surface area contributed by atoms with E-state index in [0.29, 0.717) is 17.3 Å². The Labute approximate surface area is 176 Å². The Morgan fingerprint density at radius 1 is 1.21 bits per heavy atom. The van der Waals surface area contributed by atoms with Crippen molar-refractivity contribution in [2.24, 2.45) is 0 Å². The van der Waals surface area contributed by atoms with Gasteiger partial charge in [0.1, 0.15) is 0 Å². The van der Waals surface area contributed by atoms with Gasteiger partial charge in [0.05, 0.1) is 23.7 Å². The maximum atomic E-state index is 12.7. The Morgan fingerprint density at radius 3 is 2.66 bits per heavy atom. The van der Waals surface area contributed by atoms with Gasteiger partial charge in [0.15, 0.2) is 0 Å². The Bertz CT molecular complexity index is 1090. The number of benzene rings is 2. The number of aromatic nitrogens is 2. The van der Waals surface area contributed by atoms with E-state index in [0.717, 1.165) is 28.4 Å². The molecule has 3 aromatic rings. The Hall–Kier alpha value is -3.24. The minimum absolute atomic E-state index is 0.0995. The van der Waals surface area contributed by atoms with Gasteiger partial charge in [-0.1, -0.05) is 24.3 Å². The minimum atomic E-state index is -0.0995. The monoisotopic (exact) mass is 448 g/mol. The van der Waals surface area contributed by atoms with Gasteiger partial charge in [-0.05, 0) is 64.7 Å². The molecule has 1 aliphatic rings. The molecule has 0 saturated heterocycles. The summed E-state index contributed by atoms with van der Waals surface area (Å²) in [5.41, 5.74) is 2.27. The van der Waals surface area contributed by atoms with Gasteiger partial charge in [0.2, 0.25) is 17.7 Å². The average Bonchev–Trinajstić information content (AvgIpc) is 3.49. The molecule has 1 heterocycles. The summed E-state index contributed by atoms with van der Waals surface area (Å²) in [5.74, 6) is 0.726. The number of nitriles is 1. The summed E-state index contributed by atoms with van der Waals surface area (Å²) in [4.78, 5) is 14.5. The Balaban J connectivity index is 1.47. The number of rotatable bonds is 6. The van der Waals surface area contributed by atoms with Crippen molar-refractivity contribution < 1.29 is 9.21 Å². The van der Waals surface area contributed by atoms with Crippen molar-refractivity contribution in [2.45, 2.75) is 25.4 Å². The lowest BCUT2D eigenvalue weighted by molar-refractivity contribution is -0.127. The maximum absolute atomic E-state index is 12.7. The van der Waals surface area contributed by atoms with Gasteiger partial charge in [-0.2, -0.15) is 5.26 Å². The fourth-order valence-corrected chi connectivity index (χ4v) is 3.37. The molecule has 0 aliphatic heterocycles. The first kappa shape index (κ1) is 19.1. The lowest BCUT2D eigenvalue weighted by atomic mass is 10.1. The molecule has 1 fully saturated rings. The van der Waals surface area contributed by atoms with Crippen molar-refractivity contribution in [1.29, 1.82) is 5.26 Å². The summed E-state index contributed by atoms with van der Waals surface area (Å²) >= 11 is 3.48. The molecule has 0 radical (unpaired) electrons. The van der Waals surface area contributed by atoms with E-state index in [1.54, 1.807) is 29.2 Å². The first-order chi connectivity index (χ1) is 14.1. The lowest BCUT2D eigenvalue weighted by Crippen LogP contribution is -2.31. The van der Waals surface area contributed by atoms with Crippen LogP contribution in [0.15, 0.2) is 63.5 Å². The molecule has 0 spiro atoms. The van der Waals surface area contributed by atoms with E-state index in [1.165, 1.54) is 0 Å². The predicted molar refractivity (Wildman–Crippen MR) is 111 cm³/mol. The molecule has 144 valence electrons. The van der Waals surface area contributed by atoms with E-state index in [4.69, 9.17) is 9.68 Å². The highest BCUT2D eigenvalue weighted by molar-refractivity contribution is 9.10. The van der Waals surface area contributed by atoms with Gasteiger partial charge in [-0.15, -0.1) is 10.2 Å². The Morgan fingerprint density at radius 2 is 1.97 bits per heavy atom. The third kappa shape index (κ3) is 4.61. The van der Waals surface area contributed by atoms with E-state index in [-0.39, 0.29) is 18.5 Å². The van der Waals surface area contributed by atoms with Gasteiger partial charge in [-0.3, -0.25) is 4.79 Å². The van der Waals surface area contributed by atoms with Crippen LogP contribution >= 0.6 is 15.9 Å². The summed E-state index contributed by atoms with van der Waals surface area (Å²) in [5, 5.41) is 17.1. The zero-order valence-electron chi connectivity index (χ0n) is 15.5. The normalized spacial score (nSPS) is 13.4. The van der Waals surface area contributed by atoms with Crippen LogP contribution in [0.3, 0.4) is 0 Å². The molecule has 1 aromatic heterocycles. The summed E-state index contributed by atoms with van der Waals surface area (Å²) in [6, 6.07) is 17.0. The van der Waals surface area contributed by atoms with E-state index >= 15 is 0 Å². The minimum Gasteiger partial charge on any atom is -0.419 e. The van der Waals surface area contributed by atoms with Crippen LogP contribution in [0.5, 0.6) is 0 Å². The van der Waals surface area contributed by atoms with Crippen molar-refractivity contribution in [2.75, 3.05) is 0 Å². The number of amides is 1. The van der Waals surface area contributed by atoms with Crippen LogP contribution in [0.1, 0.15) is 29.9 Å². The number of nitrogens with zero attached hydrogens (tertiary/aromatic N) is 4. The van der Waals surface area contributed by atoms with Gasteiger partial charge in [0.25, 0.3) is 0 Å². The molecular formula is C22H17BrN4O2. The fourth-order valence-electron chi connectivity index (χ4n) is 2.91. The summed E-state index contributed by atoms with van der Waals surface area (Å²) in [6.07, 6.45) is 5.24. The van der Waals surface area contributed by atoms with Crippen LogP contribution in [0.25, 0.3) is 17.5 Å². The second kappa shape index (κ2) is 8.41. The molecule has 29 heavy (non-hydrogen) atoms. The molecule has 7 heteroatoms. The van der Waals surface area contributed by atoms with Crippen molar-refractivity contribution in [3.8, 4) is 17.5 Å². The second-order valence-corrected chi connectivity index (χ2v) is 7.60. The molecule has 0 atom stereocenters. The van der Waals surface area contributed by atoms with E-state index in [2.05, 4.69) is 32.2 Å². The summed E-state index contributed by atoms with van der Waals surface area (Å²) in [7, 11) is 0. The molecule has 0 bridgehead atoms. The first-order valence-corrected chi connectivity index (χ1v) is 9.99. The SMILES string of the molecule is N#Cc1ccc(C=CC(=O)N(Cc2nnc(-c3ccccc3Br)o2)C2CC2)cc1. The Kier molecular flexibility index (Phi) is 5.54. The van der Waals surface area contributed by atoms with E-state index in [1.807, 2.05) is 36.4 Å². The van der Waals surface area contributed by atoms with Gasteiger partial charge in [0, 0.05) is 16.6 Å². The third-order valence-corrected chi connectivity index (χ3v) is 5.30. The highest BCUT2D eigenvalue weighted by Gasteiger charge is 2.32. The standard InChI is InChI=1S/C22H17BrN4O2/c23-19-4-2-1-3-18(19)22-26-25-20(29-22)14-27(17-10-11-17)21(28)12-9-15-5-7-16(13-24)8-6-15/h1-9,12,17H,10-11,14H2. The smallest absolute Gasteiger partial charge is 0.248 e. The van der Waals surface area contributed by atoms with E-state index < -0.39 is 0 Å². The number of hydrogen-bond acceptors (Lipinski definition) is 5. The molecule has 1 aliphatic carbocycles. The molecule has 4 rings (SSSR count). The molecule has 1 amide bonds. The third-order valence-electron chi connectivity index (χ3n) is 4.61. The van der Waals surface area contributed by atoms with Crippen LogP contribution in [-0.2, 0) is 11.3 Å². The fraction of sp³-hybridized carbons (Fsp3) is 0.182. The van der Waals surface area contributed by atoms with Crippen molar-refractivity contribution in [3.63, 3.8) is 0 Å². The van der Waals surface area contributed by atoms with Crippen molar-refractivity contribution in [1.82, 2.24) is 15.1 Å². The number of hydrogen-bond donors (Lipinski definition) is 0. The molecular weight excluding hydrogens is 432 g/mol. The van der Waals surface area contributed by atoms with Gasteiger partial charge >= 0.3 is 0 Å². The van der Waals surface area contributed by atoms with Crippen LogP contribution in [0, 0.1) is 11.3 Å². The largest absolute Gasteiger partial charge is 0.419 e. The summed E-state index contributed by atoms with van der Waals surface area (Å²) in [6.45, 7) is 0.276. The van der Waals surface area contributed by atoms with Crippen LogP contribution in [0.2, 0.25) is 0 Å². The highest BCUT2D eigenvalue weighted by Crippen LogP contribution is 2.30. The van der Waals surface area contributed by atoms with Gasteiger partial charge < -0.3 is 9.32 Å². The zero-order valence-corrected chi connectivity index (χ0v) is 17.0. The van der Waals surface area contributed by atoms with Crippen LogP contribution in [0.4, 0.5) is 0 Å². The van der Waals surface area contributed by atoms with Crippen molar-refractivity contribution in [3.05, 3.63) is 76.1 Å². The number of carbonyl (C=O) groups is 1. The molecule has 6 nitrogen and oxygen atoms in total. The maximum Gasteiger partial charge on any atom is 0.248 e. The molecule has 2 aromatic carbocycles. The highest BCUT2D eigenvalue weighted by atomic mass is 79.9. The topological polar surface area (TPSA) is 83.0 Å². The second-order valence-electron chi connectivity index (χ2n) is 6.75. The van der Waals surface area contributed by atoms with Crippen LogP contribution in [-0.4, -0.2) is 27.0 Å². The average molecular weight is 449 g/mol. The first-order valence-electron chi connectivity index (χ1n) is 9.20. The number of carbonyl (C=O) groups excluding carboxylic acids is 1. The molecule has 1 saturated carbocycles. The van der Waals surface area contributed by atoms with E-state index in [9.17, 15) is 4.79 Å². The summed E-state index contributed by atoms with van der Waals surface area (Å²) < 4.78 is 6.67.